The molecule has 4 unspecified atom stereocenters. The van der Waals surface area contributed by atoms with E-state index in [1.54, 1.807) is 6.07 Å². The number of nitrogens with zero attached hydrogens (tertiary/aromatic N) is 1. The van der Waals surface area contributed by atoms with E-state index in [2.05, 4.69) is 15.5 Å². The minimum atomic E-state index is -0.129. The zero-order chi connectivity index (χ0) is 15.8. The highest BCUT2D eigenvalue weighted by Crippen LogP contribution is 2.48. The maximum absolute atomic E-state index is 12.5. The number of carbonyl (C=O) groups is 1. The fraction of sp³-hybridized carbons (Fsp3) is 0.444. The molecule has 2 aromatic rings. The number of amides is 1. The third-order valence-corrected chi connectivity index (χ3v) is 5.49. The molecule has 5 heteroatoms. The average molecular weight is 311 g/mol. The molecule has 1 amide bonds. The molecule has 0 spiro atoms. The van der Waals surface area contributed by atoms with Crippen molar-refractivity contribution in [3.63, 3.8) is 0 Å². The summed E-state index contributed by atoms with van der Waals surface area (Å²) in [5.74, 6) is 1.15. The van der Waals surface area contributed by atoms with Gasteiger partial charge in [0.15, 0.2) is 0 Å². The smallest absolute Gasteiger partial charge is 0.269 e. The van der Waals surface area contributed by atoms with Gasteiger partial charge in [0.1, 0.15) is 5.69 Å². The second-order valence-corrected chi connectivity index (χ2v) is 6.71. The van der Waals surface area contributed by atoms with Crippen LogP contribution in [0.4, 0.5) is 0 Å². The van der Waals surface area contributed by atoms with Crippen LogP contribution in [-0.2, 0) is 0 Å². The maximum Gasteiger partial charge on any atom is 0.269 e. The van der Waals surface area contributed by atoms with Crippen LogP contribution in [0.5, 0.6) is 0 Å². The van der Waals surface area contributed by atoms with Crippen molar-refractivity contribution in [1.29, 1.82) is 0 Å². The number of hydrogen-bond acceptors (Lipinski definition) is 3. The lowest BCUT2D eigenvalue weighted by molar-refractivity contribution is 0.0856. The number of aromatic nitrogens is 2. The minimum absolute atomic E-state index is 0.0923. The van der Waals surface area contributed by atoms with Gasteiger partial charge in [-0.05, 0) is 37.2 Å². The molecular weight excluding hydrogens is 290 g/mol. The van der Waals surface area contributed by atoms with Gasteiger partial charge in [-0.3, -0.25) is 9.89 Å². The first-order chi connectivity index (χ1) is 11.3. The Morgan fingerprint density at radius 3 is 2.83 bits per heavy atom. The van der Waals surface area contributed by atoms with E-state index in [0.29, 0.717) is 17.5 Å². The molecule has 2 fully saturated rings. The normalized spacial score (nSPS) is 28.9. The number of benzene rings is 1. The standard InChI is InChI=1S/C18H21N3O2/c22-10-14-12-6-7-13(8-12)17(14)19-18(23)16-9-15(20-21-16)11-4-2-1-3-5-11/h1-5,9,12-14,17,22H,6-8,10H2,(H,19,23)(H,20,21). The zero-order valence-corrected chi connectivity index (χ0v) is 12.9. The monoisotopic (exact) mass is 311 g/mol. The van der Waals surface area contributed by atoms with Gasteiger partial charge in [0.25, 0.3) is 5.91 Å². The minimum Gasteiger partial charge on any atom is -0.396 e. The van der Waals surface area contributed by atoms with Crippen LogP contribution in [0.15, 0.2) is 36.4 Å². The molecule has 2 aliphatic rings. The SMILES string of the molecule is O=C(NC1C2CCC(C2)C1CO)c1cc(-c2ccccc2)n[nH]1. The molecule has 2 aliphatic carbocycles. The van der Waals surface area contributed by atoms with Crippen LogP contribution >= 0.6 is 0 Å². The van der Waals surface area contributed by atoms with Crippen molar-refractivity contribution in [1.82, 2.24) is 15.5 Å². The number of aliphatic hydroxyl groups excluding tert-OH is 1. The number of nitrogens with one attached hydrogen (secondary N) is 2. The highest BCUT2D eigenvalue weighted by molar-refractivity contribution is 5.93. The van der Waals surface area contributed by atoms with E-state index in [0.717, 1.165) is 24.1 Å². The largest absolute Gasteiger partial charge is 0.396 e. The quantitative estimate of drug-likeness (QED) is 0.810. The highest BCUT2D eigenvalue weighted by Gasteiger charge is 2.47. The van der Waals surface area contributed by atoms with E-state index in [1.807, 2.05) is 30.3 Å². The average Bonchev–Trinajstić information content (AvgIpc) is 3.31. The van der Waals surface area contributed by atoms with Crippen LogP contribution in [0.1, 0.15) is 29.8 Å². The Balaban J connectivity index is 1.49. The molecule has 4 atom stereocenters. The van der Waals surface area contributed by atoms with E-state index >= 15 is 0 Å². The Kier molecular flexibility index (Phi) is 3.65. The summed E-state index contributed by atoms with van der Waals surface area (Å²) < 4.78 is 0. The third kappa shape index (κ3) is 2.55. The molecule has 1 aromatic carbocycles. The lowest BCUT2D eigenvalue weighted by Crippen LogP contribution is -2.45. The predicted octanol–water partition coefficient (Wildman–Crippen LogP) is 2.21. The van der Waals surface area contributed by atoms with Crippen LogP contribution in [0.3, 0.4) is 0 Å². The maximum atomic E-state index is 12.5. The van der Waals surface area contributed by atoms with Crippen LogP contribution in [0.2, 0.25) is 0 Å². The van der Waals surface area contributed by atoms with E-state index in [4.69, 9.17) is 0 Å². The number of carbonyl (C=O) groups excluding carboxylic acids is 1. The molecule has 0 saturated heterocycles. The van der Waals surface area contributed by atoms with Crippen LogP contribution < -0.4 is 5.32 Å². The lowest BCUT2D eigenvalue weighted by Gasteiger charge is -2.30. The van der Waals surface area contributed by atoms with Crippen molar-refractivity contribution >= 4 is 5.91 Å². The topological polar surface area (TPSA) is 78.0 Å². The summed E-state index contributed by atoms with van der Waals surface area (Å²) in [7, 11) is 0. The molecule has 120 valence electrons. The molecule has 4 rings (SSSR count). The predicted molar refractivity (Wildman–Crippen MR) is 86.7 cm³/mol. The van der Waals surface area contributed by atoms with Gasteiger partial charge in [-0.1, -0.05) is 30.3 Å². The lowest BCUT2D eigenvalue weighted by atomic mass is 9.85. The van der Waals surface area contributed by atoms with Gasteiger partial charge in [0, 0.05) is 24.1 Å². The van der Waals surface area contributed by atoms with Gasteiger partial charge in [-0.25, -0.2) is 0 Å². The first kappa shape index (κ1) is 14.5. The molecule has 2 saturated carbocycles. The summed E-state index contributed by atoms with van der Waals surface area (Å²) in [4.78, 5) is 12.5. The van der Waals surface area contributed by atoms with Crippen molar-refractivity contribution in [3.05, 3.63) is 42.1 Å². The van der Waals surface area contributed by atoms with Crippen LogP contribution in [0, 0.1) is 17.8 Å². The van der Waals surface area contributed by atoms with Crippen molar-refractivity contribution in [2.75, 3.05) is 6.61 Å². The molecule has 0 radical (unpaired) electrons. The van der Waals surface area contributed by atoms with Gasteiger partial charge in [-0.15, -0.1) is 0 Å². The van der Waals surface area contributed by atoms with Gasteiger partial charge in [-0.2, -0.15) is 5.10 Å². The molecule has 5 nitrogen and oxygen atoms in total. The fourth-order valence-electron chi connectivity index (χ4n) is 4.32. The number of aromatic amines is 1. The zero-order valence-electron chi connectivity index (χ0n) is 12.9. The Hall–Kier alpha value is -2.14. The number of rotatable bonds is 4. The number of H-pyrrole nitrogens is 1. The van der Waals surface area contributed by atoms with Crippen molar-refractivity contribution < 1.29 is 9.90 Å². The first-order valence-electron chi connectivity index (χ1n) is 8.29. The van der Waals surface area contributed by atoms with E-state index in [9.17, 15) is 9.90 Å². The molecule has 0 aliphatic heterocycles. The van der Waals surface area contributed by atoms with Gasteiger partial charge in [0.2, 0.25) is 0 Å². The first-order valence-corrected chi connectivity index (χ1v) is 8.29. The van der Waals surface area contributed by atoms with Crippen LogP contribution in [0.25, 0.3) is 11.3 Å². The van der Waals surface area contributed by atoms with E-state index in [-0.39, 0.29) is 24.5 Å². The number of fused-ring (bicyclic) bond motifs is 2. The molecule has 1 aromatic heterocycles. The summed E-state index contributed by atoms with van der Waals surface area (Å²) in [6.45, 7) is 0.157. The summed E-state index contributed by atoms with van der Waals surface area (Å²) in [6.07, 6.45) is 3.48. The number of aliphatic hydroxyl groups is 1. The molecule has 2 bridgehead atoms. The molecule has 1 heterocycles. The third-order valence-electron chi connectivity index (χ3n) is 5.49. The second kappa shape index (κ2) is 5.81. The van der Waals surface area contributed by atoms with E-state index in [1.165, 1.54) is 6.42 Å². The van der Waals surface area contributed by atoms with Gasteiger partial charge >= 0.3 is 0 Å². The highest BCUT2D eigenvalue weighted by atomic mass is 16.3. The Labute approximate surface area is 135 Å². The van der Waals surface area contributed by atoms with Gasteiger partial charge in [0.05, 0.1) is 5.69 Å². The van der Waals surface area contributed by atoms with Crippen LogP contribution in [-0.4, -0.2) is 33.9 Å². The summed E-state index contributed by atoms with van der Waals surface area (Å²) in [5, 5.41) is 19.8. The Morgan fingerprint density at radius 2 is 2.04 bits per heavy atom. The Bertz CT molecular complexity index is 697. The molecular formula is C18H21N3O2. The number of hydrogen-bond donors (Lipinski definition) is 3. The van der Waals surface area contributed by atoms with Crippen molar-refractivity contribution in [2.45, 2.75) is 25.3 Å². The molecule has 3 N–H and O–H groups in total. The summed E-state index contributed by atoms with van der Waals surface area (Å²) in [5.41, 5.74) is 2.22. The second-order valence-electron chi connectivity index (χ2n) is 6.71. The summed E-state index contributed by atoms with van der Waals surface area (Å²) >= 11 is 0. The van der Waals surface area contributed by atoms with Crippen molar-refractivity contribution in [2.24, 2.45) is 17.8 Å². The van der Waals surface area contributed by atoms with Gasteiger partial charge < -0.3 is 10.4 Å². The fourth-order valence-corrected chi connectivity index (χ4v) is 4.32. The van der Waals surface area contributed by atoms with Crippen molar-refractivity contribution in [3.8, 4) is 11.3 Å². The molecule has 23 heavy (non-hydrogen) atoms. The Morgan fingerprint density at radius 1 is 1.26 bits per heavy atom. The van der Waals surface area contributed by atoms with E-state index < -0.39 is 0 Å². The summed E-state index contributed by atoms with van der Waals surface area (Å²) in [6, 6.07) is 11.7.